The molecule has 214 valence electrons. The second-order valence-corrected chi connectivity index (χ2v) is 10.3. The average Bonchev–Trinajstić information content (AvgIpc) is 3.34. The lowest BCUT2D eigenvalue weighted by Gasteiger charge is -2.22. The Morgan fingerprint density at radius 3 is 2.26 bits per heavy atom. The molecule has 1 atom stereocenters. The van der Waals surface area contributed by atoms with E-state index in [0.717, 1.165) is 40.0 Å². The Balaban J connectivity index is 1.18. The minimum Gasteiger partial charge on any atom is -0.493 e. The molecule has 0 aliphatic carbocycles. The van der Waals surface area contributed by atoms with Gasteiger partial charge in [-0.25, -0.2) is 0 Å². The van der Waals surface area contributed by atoms with Crippen LogP contribution in [0.3, 0.4) is 0 Å². The predicted octanol–water partition coefficient (Wildman–Crippen LogP) is 6.50. The second kappa shape index (κ2) is 11.5. The molecule has 0 saturated carbocycles. The highest BCUT2D eigenvalue weighted by Gasteiger charge is 2.36. The van der Waals surface area contributed by atoms with E-state index in [-0.39, 0.29) is 11.9 Å². The van der Waals surface area contributed by atoms with Gasteiger partial charge in [-0.05, 0) is 53.4 Å². The lowest BCUT2D eigenvalue weighted by Crippen LogP contribution is -2.37. The number of carbonyl (C=O) groups is 1. The Morgan fingerprint density at radius 1 is 0.857 bits per heavy atom. The smallest absolute Gasteiger partial charge is 0.261 e. The van der Waals surface area contributed by atoms with Crippen molar-refractivity contribution in [2.75, 3.05) is 31.5 Å². The zero-order chi connectivity index (χ0) is 29.2. The maximum atomic E-state index is 13.7. The highest BCUT2D eigenvalue weighted by molar-refractivity contribution is 6.14. The molecule has 1 N–H and O–H groups in total. The first-order valence-corrected chi connectivity index (χ1v) is 13.9. The molecule has 2 aliphatic rings. The van der Waals surface area contributed by atoms with Gasteiger partial charge in [-0.3, -0.25) is 14.7 Å². The van der Waals surface area contributed by atoms with Crippen molar-refractivity contribution in [3.63, 3.8) is 0 Å². The molecule has 0 spiro atoms. The Kier molecular flexibility index (Phi) is 7.44. The third-order valence-electron chi connectivity index (χ3n) is 7.69. The predicted molar refractivity (Wildman–Crippen MR) is 164 cm³/mol. The molecule has 0 saturated heterocycles. The number of amides is 1. The van der Waals surface area contributed by atoms with Crippen LogP contribution in [-0.2, 0) is 19.6 Å². The van der Waals surface area contributed by atoms with Crippen molar-refractivity contribution in [3.05, 3.63) is 101 Å². The first-order chi connectivity index (χ1) is 20.5. The van der Waals surface area contributed by atoms with Crippen LogP contribution >= 0.6 is 0 Å². The van der Waals surface area contributed by atoms with Gasteiger partial charge < -0.3 is 24.3 Å². The van der Waals surface area contributed by atoms with E-state index in [2.05, 4.69) is 11.4 Å². The number of benzene rings is 4. The van der Waals surface area contributed by atoms with Crippen molar-refractivity contribution in [1.82, 2.24) is 0 Å². The van der Waals surface area contributed by atoms with Gasteiger partial charge >= 0.3 is 0 Å². The second-order valence-electron chi connectivity index (χ2n) is 10.3. The van der Waals surface area contributed by atoms with Crippen molar-refractivity contribution in [2.24, 2.45) is 4.99 Å². The number of para-hydroxylation sites is 1. The molecule has 1 unspecified atom stereocenters. The summed E-state index contributed by atoms with van der Waals surface area (Å²) in [6.45, 7) is 2.70. The van der Waals surface area contributed by atoms with Gasteiger partial charge in [0, 0.05) is 43.2 Å². The van der Waals surface area contributed by atoms with Gasteiger partial charge in [0.2, 0.25) is 0 Å². The maximum absolute atomic E-state index is 13.7. The van der Waals surface area contributed by atoms with Crippen LogP contribution in [0.25, 0.3) is 0 Å². The summed E-state index contributed by atoms with van der Waals surface area (Å²) in [6, 6.07) is 23.3. The first-order valence-electron chi connectivity index (χ1n) is 13.9. The van der Waals surface area contributed by atoms with Crippen molar-refractivity contribution in [1.29, 1.82) is 0 Å². The number of hydrogen-bond acceptors (Lipinski definition) is 7. The molecule has 42 heavy (non-hydrogen) atoms. The number of hydrogen-bond donors (Lipinski definition) is 1. The number of rotatable bonds is 9. The van der Waals surface area contributed by atoms with Gasteiger partial charge in [0.15, 0.2) is 23.0 Å². The quantitative estimate of drug-likeness (QED) is 0.250. The van der Waals surface area contributed by atoms with E-state index in [4.69, 9.17) is 23.9 Å². The van der Waals surface area contributed by atoms with Crippen molar-refractivity contribution in [3.8, 4) is 23.0 Å². The average molecular weight is 564 g/mol. The van der Waals surface area contributed by atoms with E-state index in [9.17, 15) is 4.79 Å². The van der Waals surface area contributed by atoms with Crippen LogP contribution in [0.2, 0.25) is 0 Å². The van der Waals surface area contributed by atoms with Crippen LogP contribution in [0.15, 0.2) is 77.8 Å². The number of nitrogens with zero attached hydrogens (tertiary/aromatic N) is 2. The van der Waals surface area contributed by atoms with E-state index in [1.165, 1.54) is 0 Å². The van der Waals surface area contributed by atoms with Crippen molar-refractivity contribution in [2.45, 2.75) is 32.6 Å². The number of methoxy groups -OCH3 is 2. The van der Waals surface area contributed by atoms with Crippen LogP contribution < -0.4 is 29.2 Å². The number of fused-ring (bicyclic) bond motifs is 4. The molecular formula is C34H33N3O5. The lowest BCUT2D eigenvalue weighted by molar-refractivity contribution is 0.0986. The summed E-state index contributed by atoms with van der Waals surface area (Å²) in [5.41, 5.74) is 7.16. The highest BCUT2D eigenvalue weighted by atomic mass is 16.5. The van der Waals surface area contributed by atoms with Crippen LogP contribution in [0.5, 0.6) is 23.0 Å². The Hall–Kier alpha value is -4.98. The van der Waals surface area contributed by atoms with Crippen molar-refractivity contribution < 1.29 is 23.7 Å². The van der Waals surface area contributed by atoms with Gasteiger partial charge in [-0.2, -0.15) is 0 Å². The SMILES string of the molecule is CNc1cc(OCc2cccc(COc3cc4c(cc3OC)C(=O)N3c5ccccc5CC3C=N4)c2)c(OC)cc1C. The fraction of sp³-hybridized carbons (Fsp3) is 0.235. The summed E-state index contributed by atoms with van der Waals surface area (Å²) in [7, 11) is 5.09. The van der Waals surface area contributed by atoms with E-state index < -0.39 is 0 Å². The van der Waals surface area contributed by atoms with E-state index >= 15 is 0 Å². The van der Waals surface area contributed by atoms with Crippen LogP contribution in [0.1, 0.15) is 32.6 Å². The molecule has 0 bridgehead atoms. The molecule has 2 heterocycles. The van der Waals surface area contributed by atoms with Crippen LogP contribution in [0.4, 0.5) is 17.1 Å². The topological polar surface area (TPSA) is 81.6 Å². The Labute approximate surface area is 245 Å². The van der Waals surface area contributed by atoms with Crippen molar-refractivity contribution >= 4 is 29.2 Å². The fourth-order valence-electron chi connectivity index (χ4n) is 5.52. The molecule has 8 nitrogen and oxygen atoms in total. The Bertz CT molecular complexity index is 1680. The molecule has 8 heteroatoms. The molecular weight excluding hydrogens is 530 g/mol. The van der Waals surface area contributed by atoms with Gasteiger partial charge in [-0.15, -0.1) is 0 Å². The van der Waals surface area contributed by atoms with Gasteiger partial charge in [-0.1, -0.05) is 36.4 Å². The van der Waals surface area contributed by atoms with Crippen LogP contribution in [0, 0.1) is 6.92 Å². The normalized spacial score (nSPS) is 14.9. The minimum absolute atomic E-state index is 0.0953. The first kappa shape index (κ1) is 27.2. The Morgan fingerprint density at radius 2 is 1.55 bits per heavy atom. The van der Waals surface area contributed by atoms with Gasteiger partial charge in [0.05, 0.1) is 31.5 Å². The third-order valence-corrected chi connectivity index (χ3v) is 7.69. The maximum Gasteiger partial charge on any atom is 0.261 e. The van der Waals surface area contributed by atoms with Crippen LogP contribution in [-0.4, -0.2) is 39.4 Å². The molecule has 6 rings (SSSR count). The molecule has 0 radical (unpaired) electrons. The summed E-state index contributed by atoms with van der Waals surface area (Å²) in [4.78, 5) is 20.2. The molecule has 2 aliphatic heterocycles. The molecule has 4 aromatic rings. The number of aliphatic imine (C=N–C) groups is 1. The van der Waals surface area contributed by atoms with E-state index in [1.54, 1.807) is 26.4 Å². The highest BCUT2D eigenvalue weighted by Crippen LogP contribution is 2.41. The summed E-state index contributed by atoms with van der Waals surface area (Å²) in [5, 5.41) is 3.18. The van der Waals surface area contributed by atoms with Gasteiger partial charge in [0.1, 0.15) is 13.2 Å². The number of nitrogens with one attached hydrogen (secondary N) is 1. The number of aryl methyl sites for hydroxylation is 1. The van der Waals surface area contributed by atoms with Gasteiger partial charge in [0.25, 0.3) is 5.91 Å². The standard InChI is InChI=1S/C34H33N3O5/c1-21-12-30(39-3)32(16-27(21)35-2)41-19-22-8-7-9-23(13-22)20-42-33-17-28-26(15-31(33)40-4)34(38)37-25(18-36-28)14-24-10-5-6-11-29(24)37/h5-13,15-18,25,35H,14,19-20H2,1-4H3. The summed E-state index contributed by atoms with van der Waals surface area (Å²) >= 11 is 0. The largest absolute Gasteiger partial charge is 0.493 e. The monoisotopic (exact) mass is 563 g/mol. The molecule has 0 aromatic heterocycles. The minimum atomic E-state index is -0.118. The number of ether oxygens (including phenoxy) is 4. The fourth-order valence-corrected chi connectivity index (χ4v) is 5.52. The number of anilines is 2. The summed E-state index contributed by atoms with van der Waals surface area (Å²) in [5.74, 6) is 2.26. The molecule has 1 amide bonds. The zero-order valence-corrected chi connectivity index (χ0v) is 24.1. The summed E-state index contributed by atoms with van der Waals surface area (Å²) in [6.07, 6.45) is 2.60. The molecule has 0 fully saturated rings. The van der Waals surface area contributed by atoms with E-state index in [1.807, 2.05) is 79.7 Å². The molecule has 4 aromatic carbocycles. The zero-order valence-electron chi connectivity index (χ0n) is 24.1. The third kappa shape index (κ3) is 5.11. The number of carbonyl (C=O) groups excluding carboxylic acids is 1. The van der Waals surface area contributed by atoms with E-state index in [0.29, 0.717) is 47.5 Å². The summed E-state index contributed by atoms with van der Waals surface area (Å²) < 4.78 is 23.5. The lowest BCUT2D eigenvalue weighted by atomic mass is 10.1.